The highest BCUT2D eigenvalue weighted by molar-refractivity contribution is 6.31. The van der Waals surface area contributed by atoms with Crippen molar-refractivity contribution < 1.29 is 46.0 Å². The second-order valence-corrected chi connectivity index (χ2v) is 9.96. The van der Waals surface area contributed by atoms with Gasteiger partial charge in [0.1, 0.15) is 0 Å². The van der Waals surface area contributed by atoms with E-state index in [0.29, 0.717) is 42.0 Å². The molecule has 0 aliphatic carbocycles. The van der Waals surface area contributed by atoms with E-state index in [1.807, 2.05) is 4.90 Å². The number of hydroxylamine groups is 2. The molecular formula is C26H25ClF5N5O5. The molecule has 2 heterocycles. The van der Waals surface area contributed by atoms with Crippen molar-refractivity contribution in [1.82, 2.24) is 15.3 Å². The van der Waals surface area contributed by atoms with Crippen LogP contribution in [0.25, 0.3) is 0 Å². The molecule has 10 nitrogen and oxygen atoms in total. The minimum absolute atomic E-state index is 0.116. The van der Waals surface area contributed by atoms with Crippen LogP contribution in [-0.2, 0) is 21.0 Å². The molecule has 2 aliphatic rings. The monoisotopic (exact) mass is 617 g/mol. The van der Waals surface area contributed by atoms with E-state index in [9.17, 15) is 41.1 Å². The summed E-state index contributed by atoms with van der Waals surface area (Å²) in [6, 6.07) is 6.59. The van der Waals surface area contributed by atoms with Crippen molar-refractivity contribution in [1.29, 1.82) is 0 Å². The van der Waals surface area contributed by atoms with Gasteiger partial charge in [0.2, 0.25) is 0 Å². The number of nitrogens with zero attached hydrogens (tertiary/aromatic N) is 3. The number of alkyl halides is 3. The summed E-state index contributed by atoms with van der Waals surface area (Å²) in [4.78, 5) is 56.0. The summed E-state index contributed by atoms with van der Waals surface area (Å²) >= 11 is 6.14. The fraction of sp³-hybridized carbons (Fsp3) is 0.385. The molecule has 2 fully saturated rings. The van der Waals surface area contributed by atoms with Crippen molar-refractivity contribution in [2.24, 2.45) is 0 Å². The Morgan fingerprint density at radius 3 is 2.26 bits per heavy atom. The summed E-state index contributed by atoms with van der Waals surface area (Å²) in [6.07, 6.45) is -6.65. The number of carbonyl (C=O) groups excluding carboxylic acids is 4. The van der Waals surface area contributed by atoms with Gasteiger partial charge in [0.15, 0.2) is 11.6 Å². The number of rotatable bonds is 8. The Kier molecular flexibility index (Phi) is 9.51. The van der Waals surface area contributed by atoms with Crippen molar-refractivity contribution in [2.45, 2.75) is 32.0 Å². The number of benzene rings is 2. The third-order valence-corrected chi connectivity index (χ3v) is 6.88. The fourth-order valence-corrected chi connectivity index (χ4v) is 4.57. The molecule has 4 amide bonds. The molecule has 0 radical (unpaired) electrons. The number of anilines is 2. The Morgan fingerprint density at radius 1 is 0.952 bits per heavy atom. The number of hydrogen-bond donors (Lipinski definition) is 2. The van der Waals surface area contributed by atoms with Gasteiger partial charge in [-0.1, -0.05) is 17.7 Å². The highest BCUT2D eigenvalue weighted by atomic mass is 35.5. The molecule has 0 unspecified atom stereocenters. The highest BCUT2D eigenvalue weighted by Gasteiger charge is 2.33. The third kappa shape index (κ3) is 7.64. The van der Waals surface area contributed by atoms with Gasteiger partial charge < -0.3 is 20.4 Å². The molecule has 0 aromatic heterocycles. The summed E-state index contributed by atoms with van der Waals surface area (Å²) in [5, 5.41) is 5.24. The lowest BCUT2D eigenvalue weighted by atomic mass is 10.1. The van der Waals surface area contributed by atoms with Crippen molar-refractivity contribution in [3.8, 4) is 0 Å². The van der Waals surface area contributed by atoms with Crippen molar-refractivity contribution >= 4 is 46.8 Å². The maximum absolute atomic E-state index is 14.9. The number of nitrogens with one attached hydrogen (secondary N) is 2. The van der Waals surface area contributed by atoms with Gasteiger partial charge in [-0.25, -0.2) is 13.6 Å². The van der Waals surface area contributed by atoms with Crippen LogP contribution in [0.15, 0.2) is 30.3 Å². The van der Waals surface area contributed by atoms with Crippen LogP contribution in [0.1, 0.15) is 35.2 Å². The number of imide groups is 1. The quantitative estimate of drug-likeness (QED) is 0.337. The summed E-state index contributed by atoms with van der Waals surface area (Å²) in [6.45, 7) is 0.650. The second-order valence-electron chi connectivity index (χ2n) is 9.52. The smallest absolute Gasteiger partial charge is 0.367 e. The van der Waals surface area contributed by atoms with E-state index in [-0.39, 0.29) is 30.6 Å². The lowest BCUT2D eigenvalue weighted by Gasteiger charge is -2.37. The fourth-order valence-electron chi connectivity index (χ4n) is 4.40. The van der Waals surface area contributed by atoms with Gasteiger partial charge in [0, 0.05) is 62.7 Å². The van der Waals surface area contributed by atoms with Gasteiger partial charge in [0.25, 0.3) is 17.7 Å². The molecular weight excluding hydrogens is 593 g/mol. The van der Waals surface area contributed by atoms with Gasteiger partial charge in [0.05, 0.1) is 23.4 Å². The Balaban J connectivity index is 1.39. The summed E-state index contributed by atoms with van der Waals surface area (Å²) in [7, 11) is 0. The van der Waals surface area contributed by atoms with E-state index in [0.717, 1.165) is 12.1 Å². The standard InChI is InChI=1S/C26H25ClF5N5O5/c27-16-2-4-18(19(13-16)36-11-9-35(10-12-36)8-7-26(30,31)32)34-24(40)17-3-1-15(22(28)23(17)29)14-33-25(41)42-37-20(38)5-6-21(37)39/h1-4,13H,5-12,14H2,(H,33,41)(H,34,40). The maximum Gasteiger partial charge on any atom is 0.432 e. The first-order chi connectivity index (χ1) is 19.8. The van der Waals surface area contributed by atoms with Crippen LogP contribution in [0, 0.1) is 11.6 Å². The van der Waals surface area contributed by atoms with E-state index in [4.69, 9.17) is 11.6 Å². The van der Waals surface area contributed by atoms with Gasteiger partial charge in [-0.2, -0.15) is 13.2 Å². The lowest BCUT2D eigenvalue weighted by molar-refractivity contribution is -0.171. The second kappa shape index (κ2) is 12.9. The molecule has 0 spiro atoms. The van der Waals surface area contributed by atoms with E-state index in [1.54, 1.807) is 11.0 Å². The lowest BCUT2D eigenvalue weighted by Crippen LogP contribution is -2.47. The van der Waals surface area contributed by atoms with Crippen LogP contribution >= 0.6 is 11.6 Å². The first-order valence-corrected chi connectivity index (χ1v) is 13.1. The van der Waals surface area contributed by atoms with Gasteiger partial charge in [-0.05, 0) is 24.3 Å². The average Bonchev–Trinajstić information content (AvgIpc) is 3.25. The Hall–Kier alpha value is -3.98. The molecule has 2 aromatic rings. The van der Waals surface area contributed by atoms with Crippen LogP contribution in [-0.4, -0.2) is 72.7 Å². The molecule has 226 valence electrons. The predicted molar refractivity (Wildman–Crippen MR) is 139 cm³/mol. The maximum atomic E-state index is 14.9. The van der Waals surface area contributed by atoms with Crippen LogP contribution in [0.4, 0.5) is 38.1 Å². The van der Waals surface area contributed by atoms with Gasteiger partial charge in [-0.15, -0.1) is 5.06 Å². The van der Waals surface area contributed by atoms with Crippen molar-refractivity contribution in [3.05, 3.63) is 58.1 Å². The SMILES string of the molecule is O=C(NCc1ccc(C(=O)Nc2ccc(Cl)cc2N2CCN(CCC(F)(F)F)CC2)c(F)c1F)ON1C(=O)CCC1=O. The first-order valence-electron chi connectivity index (χ1n) is 12.8. The zero-order valence-corrected chi connectivity index (χ0v) is 22.7. The van der Waals surface area contributed by atoms with Gasteiger partial charge >= 0.3 is 12.3 Å². The Labute approximate surface area is 241 Å². The summed E-state index contributed by atoms with van der Waals surface area (Å²) in [5.74, 6) is -5.31. The number of amides is 4. The zero-order valence-electron chi connectivity index (χ0n) is 21.9. The average molecular weight is 618 g/mol. The number of carbonyl (C=O) groups is 4. The van der Waals surface area contributed by atoms with Crippen molar-refractivity contribution in [3.63, 3.8) is 0 Å². The minimum atomic E-state index is -4.26. The molecule has 2 N–H and O–H groups in total. The molecule has 2 aromatic carbocycles. The van der Waals surface area contributed by atoms with E-state index >= 15 is 0 Å². The topological polar surface area (TPSA) is 111 Å². The van der Waals surface area contributed by atoms with Gasteiger partial charge in [-0.3, -0.25) is 19.3 Å². The molecule has 0 bridgehead atoms. The molecule has 2 aliphatic heterocycles. The zero-order chi connectivity index (χ0) is 30.6. The summed E-state index contributed by atoms with van der Waals surface area (Å²) in [5.41, 5.74) is -0.283. The Bertz CT molecular complexity index is 1370. The van der Waals surface area contributed by atoms with Crippen molar-refractivity contribution in [2.75, 3.05) is 42.9 Å². The minimum Gasteiger partial charge on any atom is -0.367 e. The van der Waals surface area contributed by atoms with E-state index in [2.05, 4.69) is 15.5 Å². The molecule has 16 heteroatoms. The third-order valence-electron chi connectivity index (χ3n) is 6.64. The highest BCUT2D eigenvalue weighted by Crippen LogP contribution is 2.31. The number of hydrogen-bond acceptors (Lipinski definition) is 7. The largest absolute Gasteiger partial charge is 0.432 e. The molecule has 42 heavy (non-hydrogen) atoms. The molecule has 2 saturated heterocycles. The van der Waals surface area contributed by atoms with Crippen LogP contribution in [0.2, 0.25) is 5.02 Å². The Morgan fingerprint density at radius 2 is 1.62 bits per heavy atom. The number of halogens is 6. The predicted octanol–water partition coefficient (Wildman–Crippen LogP) is 4.24. The normalized spacial score (nSPS) is 16.1. The van der Waals surface area contributed by atoms with E-state index < -0.39 is 60.2 Å². The molecule has 0 saturated carbocycles. The van der Waals surface area contributed by atoms with Crippen LogP contribution in [0.5, 0.6) is 0 Å². The summed E-state index contributed by atoms with van der Waals surface area (Å²) < 4.78 is 67.4. The molecule has 0 atom stereocenters. The molecule has 4 rings (SSSR count). The van der Waals surface area contributed by atoms with E-state index in [1.165, 1.54) is 12.1 Å². The van der Waals surface area contributed by atoms with Crippen LogP contribution < -0.4 is 15.5 Å². The number of piperazine rings is 1. The first kappa shape index (κ1) is 31.0. The van der Waals surface area contributed by atoms with Crippen LogP contribution in [0.3, 0.4) is 0 Å².